The molecule has 2 heterocycles. The van der Waals surface area contributed by atoms with Crippen molar-refractivity contribution in [3.63, 3.8) is 0 Å². The second-order valence-corrected chi connectivity index (χ2v) is 11.8. The lowest BCUT2D eigenvalue weighted by molar-refractivity contribution is -0.123. The SMILES string of the molecule is CCOc1cncc(-c2cc(C)c(CC(=O)C(C)(C)c3ccnc(CS(=O)(=O)C4CC4)n3)cc2F)n1. The number of ketones is 1. The van der Waals surface area contributed by atoms with Crippen LogP contribution in [0.1, 0.15) is 56.3 Å². The van der Waals surface area contributed by atoms with E-state index < -0.39 is 21.1 Å². The van der Waals surface area contributed by atoms with Gasteiger partial charge in [0.2, 0.25) is 5.88 Å². The molecule has 0 N–H and O–H groups in total. The van der Waals surface area contributed by atoms with Gasteiger partial charge in [-0.3, -0.25) is 9.78 Å². The predicted molar refractivity (Wildman–Crippen MR) is 133 cm³/mol. The number of benzene rings is 1. The van der Waals surface area contributed by atoms with Crippen LogP contribution < -0.4 is 4.74 Å². The summed E-state index contributed by atoms with van der Waals surface area (Å²) in [4.78, 5) is 30.2. The molecule has 36 heavy (non-hydrogen) atoms. The quantitative estimate of drug-likeness (QED) is 0.401. The number of rotatable bonds is 10. The Morgan fingerprint density at radius 2 is 1.94 bits per heavy atom. The molecule has 0 saturated heterocycles. The maximum Gasteiger partial charge on any atom is 0.232 e. The molecule has 3 aromatic rings. The zero-order valence-corrected chi connectivity index (χ0v) is 21.6. The summed E-state index contributed by atoms with van der Waals surface area (Å²) in [5.41, 5.74) is 1.30. The smallest absolute Gasteiger partial charge is 0.232 e. The summed E-state index contributed by atoms with van der Waals surface area (Å²) in [7, 11) is -3.28. The molecule has 4 rings (SSSR count). The largest absolute Gasteiger partial charge is 0.477 e. The van der Waals surface area contributed by atoms with Crippen molar-refractivity contribution in [3.05, 3.63) is 65.3 Å². The van der Waals surface area contributed by atoms with Gasteiger partial charge in [-0.2, -0.15) is 0 Å². The zero-order valence-electron chi connectivity index (χ0n) is 20.8. The Bertz CT molecular complexity index is 1400. The van der Waals surface area contributed by atoms with Crippen molar-refractivity contribution in [3.8, 4) is 17.1 Å². The lowest BCUT2D eigenvalue weighted by Crippen LogP contribution is -2.32. The van der Waals surface area contributed by atoms with Crippen LogP contribution in [-0.2, 0) is 32.2 Å². The maximum atomic E-state index is 15.1. The summed E-state index contributed by atoms with van der Waals surface area (Å²) >= 11 is 0. The molecule has 0 amide bonds. The van der Waals surface area contributed by atoms with Crippen molar-refractivity contribution in [2.24, 2.45) is 0 Å². The summed E-state index contributed by atoms with van der Waals surface area (Å²) < 4.78 is 45.1. The van der Waals surface area contributed by atoms with Crippen LogP contribution in [0.2, 0.25) is 0 Å². The molecule has 190 valence electrons. The topological polar surface area (TPSA) is 112 Å². The molecule has 2 aromatic heterocycles. The minimum atomic E-state index is -3.28. The van der Waals surface area contributed by atoms with Gasteiger partial charge in [-0.1, -0.05) is 0 Å². The molecule has 1 fully saturated rings. The standard InChI is InChI=1S/C26H29FN4O4S/c1-5-35-25-14-28-13-21(30-25)19-10-16(2)17(11-20(19)27)12-23(32)26(3,4)22-8-9-29-24(31-22)15-36(33,34)18-6-7-18/h8-11,13-14,18H,5-7,12,15H2,1-4H3. The van der Waals surface area contributed by atoms with E-state index in [0.29, 0.717) is 42.3 Å². The lowest BCUT2D eigenvalue weighted by Gasteiger charge is -2.23. The van der Waals surface area contributed by atoms with Gasteiger partial charge >= 0.3 is 0 Å². The molecule has 1 saturated carbocycles. The lowest BCUT2D eigenvalue weighted by atomic mass is 9.81. The van der Waals surface area contributed by atoms with E-state index in [2.05, 4.69) is 19.9 Å². The maximum absolute atomic E-state index is 15.1. The van der Waals surface area contributed by atoms with Gasteiger partial charge in [0.1, 0.15) is 23.2 Å². The van der Waals surface area contributed by atoms with Gasteiger partial charge in [-0.15, -0.1) is 0 Å². The summed E-state index contributed by atoms with van der Waals surface area (Å²) in [6, 6.07) is 4.61. The first-order chi connectivity index (χ1) is 17.0. The average Bonchev–Trinajstić information content (AvgIpc) is 3.68. The average molecular weight is 513 g/mol. The Balaban J connectivity index is 1.55. The first-order valence-electron chi connectivity index (χ1n) is 11.8. The van der Waals surface area contributed by atoms with Crippen molar-refractivity contribution in [2.75, 3.05) is 6.61 Å². The van der Waals surface area contributed by atoms with E-state index in [1.165, 1.54) is 24.7 Å². The molecule has 0 aliphatic heterocycles. The highest BCUT2D eigenvalue weighted by molar-refractivity contribution is 7.91. The number of hydrogen-bond donors (Lipinski definition) is 0. The minimum absolute atomic E-state index is 0.0135. The molecule has 0 radical (unpaired) electrons. The van der Waals surface area contributed by atoms with Crippen LogP contribution in [0, 0.1) is 12.7 Å². The highest BCUT2D eigenvalue weighted by Gasteiger charge is 2.37. The third-order valence-electron chi connectivity index (χ3n) is 6.36. The van der Waals surface area contributed by atoms with E-state index in [1.54, 1.807) is 26.0 Å². The van der Waals surface area contributed by atoms with Gasteiger partial charge < -0.3 is 4.74 Å². The molecule has 10 heteroatoms. The minimum Gasteiger partial charge on any atom is -0.477 e. The van der Waals surface area contributed by atoms with Crippen LogP contribution in [0.5, 0.6) is 5.88 Å². The summed E-state index contributed by atoms with van der Waals surface area (Å²) in [5.74, 6) is -0.441. The van der Waals surface area contributed by atoms with Gasteiger partial charge in [-0.25, -0.2) is 27.8 Å². The molecule has 1 aromatic carbocycles. The fourth-order valence-electron chi connectivity index (χ4n) is 3.88. The fraction of sp³-hybridized carbons (Fsp3) is 0.423. The predicted octanol–water partition coefficient (Wildman–Crippen LogP) is 3.95. The number of carbonyl (C=O) groups excluding carboxylic acids is 1. The number of hydrogen-bond acceptors (Lipinski definition) is 8. The number of carbonyl (C=O) groups is 1. The highest BCUT2D eigenvalue weighted by Crippen LogP contribution is 2.31. The fourth-order valence-corrected chi connectivity index (χ4v) is 5.47. The Kier molecular flexibility index (Phi) is 7.17. The van der Waals surface area contributed by atoms with Gasteiger partial charge in [0.25, 0.3) is 0 Å². The normalized spacial score (nSPS) is 14.0. The van der Waals surface area contributed by atoms with E-state index in [-0.39, 0.29) is 34.6 Å². The highest BCUT2D eigenvalue weighted by atomic mass is 32.2. The van der Waals surface area contributed by atoms with Crippen LogP contribution in [0.15, 0.2) is 36.8 Å². The Morgan fingerprint density at radius 1 is 1.19 bits per heavy atom. The molecular weight excluding hydrogens is 483 g/mol. The van der Waals surface area contributed by atoms with Crippen molar-refractivity contribution in [2.45, 2.75) is 63.4 Å². The second kappa shape index (κ2) is 10.0. The Hall–Kier alpha value is -3.27. The van der Waals surface area contributed by atoms with Crippen LogP contribution in [0.25, 0.3) is 11.3 Å². The Labute approximate surface area is 210 Å². The zero-order chi connectivity index (χ0) is 26.1. The summed E-state index contributed by atoms with van der Waals surface area (Å²) in [6.07, 6.45) is 5.74. The molecule has 0 unspecified atom stereocenters. The van der Waals surface area contributed by atoms with Gasteiger partial charge in [0.05, 0.1) is 41.1 Å². The monoisotopic (exact) mass is 512 g/mol. The number of nitrogens with zero attached hydrogens (tertiary/aromatic N) is 4. The van der Waals surface area contributed by atoms with Crippen LogP contribution in [0.3, 0.4) is 0 Å². The van der Waals surface area contributed by atoms with Crippen LogP contribution in [0.4, 0.5) is 4.39 Å². The van der Waals surface area contributed by atoms with Gasteiger partial charge in [0, 0.05) is 18.2 Å². The molecule has 0 bridgehead atoms. The van der Waals surface area contributed by atoms with Crippen molar-refractivity contribution < 1.29 is 22.3 Å². The van der Waals surface area contributed by atoms with E-state index >= 15 is 4.39 Å². The first kappa shape index (κ1) is 25.8. The molecular formula is C26H29FN4O4S. The van der Waals surface area contributed by atoms with Crippen molar-refractivity contribution in [1.82, 2.24) is 19.9 Å². The van der Waals surface area contributed by atoms with Gasteiger partial charge in [-0.05, 0) is 69.9 Å². The van der Waals surface area contributed by atoms with Gasteiger partial charge in [0.15, 0.2) is 9.84 Å². The number of aryl methyl sites for hydroxylation is 1. The third kappa shape index (κ3) is 5.59. The number of ether oxygens (including phenoxy) is 1. The summed E-state index contributed by atoms with van der Waals surface area (Å²) in [6.45, 7) is 7.51. The molecule has 1 aliphatic carbocycles. The number of sulfone groups is 1. The van der Waals surface area contributed by atoms with E-state index in [4.69, 9.17) is 4.74 Å². The summed E-state index contributed by atoms with van der Waals surface area (Å²) in [5, 5.41) is -0.312. The van der Waals surface area contributed by atoms with E-state index in [1.807, 2.05) is 13.8 Å². The van der Waals surface area contributed by atoms with Crippen molar-refractivity contribution >= 4 is 15.6 Å². The van der Waals surface area contributed by atoms with E-state index in [9.17, 15) is 13.2 Å². The first-order valence-corrected chi connectivity index (χ1v) is 13.5. The molecule has 0 spiro atoms. The third-order valence-corrected chi connectivity index (χ3v) is 8.51. The van der Waals surface area contributed by atoms with Crippen LogP contribution >= 0.6 is 0 Å². The Morgan fingerprint density at radius 3 is 2.64 bits per heavy atom. The van der Waals surface area contributed by atoms with Crippen LogP contribution in [-0.4, -0.2) is 46.0 Å². The van der Waals surface area contributed by atoms with Crippen molar-refractivity contribution in [1.29, 1.82) is 0 Å². The van der Waals surface area contributed by atoms with E-state index in [0.717, 1.165) is 5.56 Å². The number of halogens is 1. The number of aromatic nitrogens is 4. The molecule has 0 atom stereocenters. The second-order valence-electron chi connectivity index (χ2n) is 9.52. The molecule has 1 aliphatic rings. The number of Topliss-reactive ketones (excluding diaryl/α,β-unsaturated/α-hetero) is 1. The molecule has 8 nitrogen and oxygen atoms in total.